The minimum absolute atomic E-state index is 0.953. The molecule has 56 heavy (non-hydrogen) atoms. The topological polar surface area (TPSA) is 22.8 Å². The Labute approximate surface area is 325 Å². The molecule has 0 saturated carbocycles. The Bertz CT molecular complexity index is 3210. The van der Waals surface area contributed by atoms with Gasteiger partial charge in [-0.05, 0) is 88.5 Å². The third-order valence-electron chi connectivity index (χ3n) is 11.1. The first-order chi connectivity index (χ1) is 27.8. The van der Waals surface area contributed by atoms with Crippen LogP contribution in [0.5, 0.6) is 0 Å². The van der Waals surface area contributed by atoms with Gasteiger partial charge in [-0.1, -0.05) is 152 Å². The van der Waals surface area contributed by atoms with Gasteiger partial charge in [-0.15, -0.1) is 0 Å². The predicted octanol–water partition coefficient (Wildman–Crippen LogP) is 13.9. The maximum absolute atomic E-state index is 5.52. The average molecular weight is 714 g/mol. The second kappa shape index (κ2) is 13.1. The van der Waals surface area contributed by atoms with E-state index in [1.54, 1.807) is 0 Å². The SMILES string of the molecule is c1ccc(-c2cccc(-n3c4ccc(-c5ccc6c(c5)c5ccccc5n6-c5ccccc5)cc4c4nc(-c5ccccc5)cc(-c5ccccc5)c43)c2)cc1. The molecule has 3 heteroatoms. The number of fused-ring (bicyclic) bond motifs is 6. The molecule has 0 aliphatic heterocycles. The Morgan fingerprint density at radius 1 is 0.304 bits per heavy atom. The molecule has 11 rings (SSSR count). The molecule has 0 atom stereocenters. The third-order valence-corrected chi connectivity index (χ3v) is 11.1. The molecule has 0 aliphatic rings. The van der Waals surface area contributed by atoms with Crippen molar-refractivity contribution in [3.8, 4) is 56.0 Å². The predicted molar refractivity (Wildman–Crippen MR) is 235 cm³/mol. The van der Waals surface area contributed by atoms with Gasteiger partial charge in [0.2, 0.25) is 0 Å². The molecule has 0 aliphatic carbocycles. The van der Waals surface area contributed by atoms with Crippen molar-refractivity contribution in [2.75, 3.05) is 0 Å². The van der Waals surface area contributed by atoms with Gasteiger partial charge in [0.1, 0.15) is 0 Å². The molecule has 0 amide bonds. The summed E-state index contributed by atoms with van der Waals surface area (Å²) in [6.07, 6.45) is 0. The fourth-order valence-corrected chi connectivity index (χ4v) is 8.50. The first-order valence-corrected chi connectivity index (χ1v) is 19.1. The van der Waals surface area contributed by atoms with Crippen molar-refractivity contribution in [2.45, 2.75) is 0 Å². The zero-order valence-electron chi connectivity index (χ0n) is 30.5. The number of benzene rings is 8. The lowest BCUT2D eigenvalue weighted by Gasteiger charge is -2.14. The summed E-state index contributed by atoms with van der Waals surface area (Å²) in [5, 5.41) is 3.59. The lowest BCUT2D eigenvalue weighted by Crippen LogP contribution is -1.97. The van der Waals surface area contributed by atoms with Gasteiger partial charge >= 0.3 is 0 Å². The van der Waals surface area contributed by atoms with E-state index in [1.807, 2.05) is 0 Å². The first kappa shape index (κ1) is 32.0. The molecular formula is C53H35N3. The van der Waals surface area contributed by atoms with Crippen LogP contribution in [0, 0.1) is 0 Å². The van der Waals surface area contributed by atoms with Crippen LogP contribution in [0.15, 0.2) is 212 Å². The number of nitrogens with zero attached hydrogens (tertiary/aromatic N) is 3. The summed E-state index contributed by atoms with van der Waals surface area (Å²) >= 11 is 0. The molecule has 0 N–H and O–H groups in total. The van der Waals surface area contributed by atoms with E-state index >= 15 is 0 Å². The number of para-hydroxylation sites is 2. The number of pyridine rings is 1. The van der Waals surface area contributed by atoms with Gasteiger partial charge in [0.25, 0.3) is 0 Å². The fourth-order valence-electron chi connectivity index (χ4n) is 8.50. The Balaban J connectivity index is 1.19. The molecule has 3 nitrogen and oxygen atoms in total. The fraction of sp³-hybridized carbons (Fsp3) is 0. The van der Waals surface area contributed by atoms with Gasteiger partial charge in [-0.3, -0.25) is 0 Å². The summed E-state index contributed by atoms with van der Waals surface area (Å²) in [6.45, 7) is 0. The highest BCUT2D eigenvalue weighted by atomic mass is 15.0. The van der Waals surface area contributed by atoms with Crippen molar-refractivity contribution < 1.29 is 0 Å². The molecule has 0 saturated heterocycles. The van der Waals surface area contributed by atoms with Gasteiger partial charge in [0.05, 0.1) is 33.3 Å². The molecular weight excluding hydrogens is 679 g/mol. The minimum atomic E-state index is 0.953. The zero-order valence-corrected chi connectivity index (χ0v) is 30.5. The van der Waals surface area contributed by atoms with Crippen LogP contribution >= 0.6 is 0 Å². The highest BCUT2D eigenvalue weighted by molar-refractivity contribution is 6.14. The van der Waals surface area contributed by atoms with Crippen molar-refractivity contribution >= 4 is 43.7 Å². The van der Waals surface area contributed by atoms with Crippen LogP contribution in [0.3, 0.4) is 0 Å². The van der Waals surface area contributed by atoms with E-state index in [2.05, 4.69) is 221 Å². The van der Waals surface area contributed by atoms with Crippen LogP contribution in [0.1, 0.15) is 0 Å². The van der Waals surface area contributed by atoms with Crippen molar-refractivity contribution in [1.82, 2.24) is 14.1 Å². The van der Waals surface area contributed by atoms with Crippen LogP contribution in [0.4, 0.5) is 0 Å². The van der Waals surface area contributed by atoms with Crippen molar-refractivity contribution in [3.63, 3.8) is 0 Å². The van der Waals surface area contributed by atoms with E-state index in [9.17, 15) is 0 Å². The molecule has 8 aromatic carbocycles. The maximum atomic E-state index is 5.52. The highest BCUT2D eigenvalue weighted by Crippen LogP contribution is 2.42. The van der Waals surface area contributed by atoms with E-state index < -0.39 is 0 Å². The Morgan fingerprint density at radius 2 is 0.821 bits per heavy atom. The Hall–Kier alpha value is -7.49. The lowest BCUT2D eigenvalue weighted by atomic mass is 9.99. The average Bonchev–Trinajstić information content (AvgIpc) is 3.79. The zero-order chi connectivity index (χ0) is 37.0. The molecule has 3 heterocycles. The van der Waals surface area contributed by atoms with E-state index in [4.69, 9.17) is 4.98 Å². The van der Waals surface area contributed by atoms with Gasteiger partial charge in [-0.2, -0.15) is 0 Å². The lowest BCUT2D eigenvalue weighted by molar-refractivity contribution is 1.18. The van der Waals surface area contributed by atoms with E-state index in [-0.39, 0.29) is 0 Å². The summed E-state index contributed by atoms with van der Waals surface area (Å²) in [5.41, 5.74) is 16.9. The molecule has 262 valence electrons. The summed E-state index contributed by atoms with van der Waals surface area (Å²) in [5.74, 6) is 0. The Kier molecular flexibility index (Phi) is 7.49. The van der Waals surface area contributed by atoms with Gasteiger partial charge < -0.3 is 9.13 Å². The monoisotopic (exact) mass is 713 g/mol. The number of hydrogen-bond donors (Lipinski definition) is 0. The van der Waals surface area contributed by atoms with Crippen LogP contribution in [0.25, 0.3) is 99.8 Å². The summed E-state index contributed by atoms with van der Waals surface area (Å²) < 4.78 is 4.79. The normalized spacial score (nSPS) is 11.6. The number of hydrogen-bond acceptors (Lipinski definition) is 1. The van der Waals surface area contributed by atoms with Gasteiger partial charge in [-0.25, -0.2) is 4.98 Å². The van der Waals surface area contributed by atoms with Crippen molar-refractivity contribution in [3.05, 3.63) is 212 Å². The second-order valence-electron chi connectivity index (χ2n) is 14.4. The van der Waals surface area contributed by atoms with Crippen LogP contribution in [-0.4, -0.2) is 14.1 Å². The Morgan fingerprint density at radius 3 is 1.54 bits per heavy atom. The molecule has 0 fully saturated rings. The first-order valence-electron chi connectivity index (χ1n) is 19.1. The van der Waals surface area contributed by atoms with Gasteiger partial charge in [0.15, 0.2) is 0 Å². The van der Waals surface area contributed by atoms with E-state index in [0.29, 0.717) is 0 Å². The largest absolute Gasteiger partial charge is 0.309 e. The molecule has 0 unspecified atom stereocenters. The summed E-state index contributed by atoms with van der Waals surface area (Å²) in [6, 6.07) is 76.2. The second-order valence-corrected chi connectivity index (χ2v) is 14.4. The standard InChI is InChI=1S/C53H35N3/c1-5-16-36(17-6-1)39-22-15-25-43(32-39)56-51-31-29-41(40-28-30-50-46(33-40)44-26-13-14-27-49(44)55(50)42-23-11-4-12-24-42)34-47(51)52-53(56)45(37-18-7-2-8-19-37)35-48(54-52)38-20-9-3-10-21-38/h1-35H. The number of aromatic nitrogens is 3. The molecule has 0 radical (unpaired) electrons. The maximum Gasteiger partial charge on any atom is 0.0977 e. The summed E-state index contributed by atoms with van der Waals surface area (Å²) in [4.78, 5) is 5.52. The highest BCUT2D eigenvalue weighted by Gasteiger charge is 2.21. The summed E-state index contributed by atoms with van der Waals surface area (Å²) in [7, 11) is 0. The van der Waals surface area contributed by atoms with Crippen LogP contribution in [0.2, 0.25) is 0 Å². The van der Waals surface area contributed by atoms with E-state index in [1.165, 1.54) is 38.5 Å². The van der Waals surface area contributed by atoms with Crippen LogP contribution in [-0.2, 0) is 0 Å². The molecule has 11 aromatic rings. The van der Waals surface area contributed by atoms with E-state index in [0.717, 1.165) is 61.3 Å². The van der Waals surface area contributed by atoms with Crippen molar-refractivity contribution in [2.24, 2.45) is 0 Å². The molecule has 0 bridgehead atoms. The smallest absolute Gasteiger partial charge is 0.0977 e. The minimum Gasteiger partial charge on any atom is -0.309 e. The molecule has 3 aromatic heterocycles. The molecule has 0 spiro atoms. The quantitative estimate of drug-likeness (QED) is 0.168. The van der Waals surface area contributed by atoms with Crippen molar-refractivity contribution in [1.29, 1.82) is 0 Å². The van der Waals surface area contributed by atoms with Crippen LogP contribution < -0.4 is 0 Å². The number of rotatable bonds is 6. The van der Waals surface area contributed by atoms with Gasteiger partial charge in [0, 0.05) is 38.7 Å². The third kappa shape index (κ3) is 5.25.